The van der Waals surface area contributed by atoms with Crippen LogP contribution in [0.3, 0.4) is 0 Å². The van der Waals surface area contributed by atoms with Gasteiger partial charge in [0.25, 0.3) is 5.78 Å². The van der Waals surface area contributed by atoms with Crippen LogP contribution in [-0.2, 0) is 11.3 Å². The molecular weight excluding hydrogens is 310 g/mol. The molecule has 0 bridgehead atoms. The first-order valence-electron chi connectivity index (χ1n) is 7.86. The molecule has 3 aromatic rings. The molecule has 0 unspecified atom stereocenters. The van der Waals surface area contributed by atoms with Gasteiger partial charge in [-0.25, -0.2) is 4.98 Å². The summed E-state index contributed by atoms with van der Waals surface area (Å²) in [6.07, 6.45) is 4.10. The van der Waals surface area contributed by atoms with Crippen molar-refractivity contribution >= 4 is 22.9 Å². The van der Waals surface area contributed by atoms with E-state index in [0.717, 1.165) is 44.0 Å². The molecular formula is C16H19N5OS. The van der Waals surface area contributed by atoms with E-state index >= 15 is 0 Å². The van der Waals surface area contributed by atoms with Gasteiger partial charge in [-0.1, -0.05) is 6.07 Å². The van der Waals surface area contributed by atoms with Crippen molar-refractivity contribution in [3.05, 3.63) is 40.5 Å². The molecule has 0 aliphatic carbocycles. The fourth-order valence-corrected chi connectivity index (χ4v) is 3.72. The molecule has 0 radical (unpaired) electrons. The van der Waals surface area contributed by atoms with Gasteiger partial charge in [-0.3, -0.25) is 0 Å². The minimum Gasteiger partial charge on any atom is -0.376 e. The molecule has 0 N–H and O–H groups in total. The van der Waals surface area contributed by atoms with Crippen LogP contribution >= 0.6 is 11.3 Å². The third-order valence-corrected chi connectivity index (χ3v) is 4.92. The summed E-state index contributed by atoms with van der Waals surface area (Å²) in [6.45, 7) is 4.56. The summed E-state index contributed by atoms with van der Waals surface area (Å²) in [6, 6.07) is 6.33. The maximum Gasteiger partial charge on any atom is 0.254 e. The number of fused-ring (bicyclic) bond motifs is 1. The molecule has 0 aromatic carbocycles. The van der Waals surface area contributed by atoms with Crippen molar-refractivity contribution in [1.29, 1.82) is 0 Å². The molecule has 3 aromatic heterocycles. The summed E-state index contributed by atoms with van der Waals surface area (Å²) >= 11 is 1.77. The summed E-state index contributed by atoms with van der Waals surface area (Å²) in [5.74, 6) is 1.66. The predicted molar refractivity (Wildman–Crippen MR) is 89.9 cm³/mol. The number of rotatable bonds is 5. The van der Waals surface area contributed by atoms with Gasteiger partial charge in [-0.15, -0.1) is 11.3 Å². The maximum absolute atomic E-state index is 5.85. The molecule has 1 atom stereocenters. The quantitative estimate of drug-likeness (QED) is 0.720. The average molecular weight is 329 g/mol. The van der Waals surface area contributed by atoms with Crippen molar-refractivity contribution in [2.24, 2.45) is 0 Å². The van der Waals surface area contributed by atoms with E-state index in [2.05, 4.69) is 43.5 Å². The summed E-state index contributed by atoms with van der Waals surface area (Å²) in [5, 5.41) is 6.46. The number of ether oxygens (including phenoxy) is 1. The highest BCUT2D eigenvalue weighted by molar-refractivity contribution is 7.09. The van der Waals surface area contributed by atoms with Gasteiger partial charge < -0.3 is 9.64 Å². The Morgan fingerprint density at radius 3 is 3.22 bits per heavy atom. The normalized spacial score (nSPS) is 17.9. The van der Waals surface area contributed by atoms with E-state index in [1.54, 1.807) is 17.7 Å². The number of aromatic nitrogens is 4. The number of thiophene rings is 1. The van der Waals surface area contributed by atoms with Gasteiger partial charge in [0.2, 0.25) is 0 Å². The molecule has 0 amide bonds. The molecule has 0 spiro atoms. The number of hydrogen-bond acceptors (Lipinski definition) is 6. The van der Waals surface area contributed by atoms with Crippen LogP contribution in [0.4, 0.5) is 5.82 Å². The lowest BCUT2D eigenvalue weighted by Crippen LogP contribution is -2.33. The van der Waals surface area contributed by atoms with Gasteiger partial charge in [0, 0.05) is 29.8 Å². The Hall–Kier alpha value is -1.99. The van der Waals surface area contributed by atoms with Crippen LogP contribution < -0.4 is 4.90 Å². The summed E-state index contributed by atoms with van der Waals surface area (Å²) < 4.78 is 7.66. The van der Waals surface area contributed by atoms with E-state index in [1.807, 2.05) is 11.4 Å². The van der Waals surface area contributed by atoms with Crippen molar-refractivity contribution in [2.75, 3.05) is 18.1 Å². The van der Waals surface area contributed by atoms with Crippen LogP contribution in [0.2, 0.25) is 0 Å². The number of hydrogen-bond donors (Lipinski definition) is 0. The molecule has 7 heteroatoms. The zero-order valence-corrected chi connectivity index (χ0v) is 13.9. The molecule has 1 aliphatic rings. The smallest absolute Gasteiger partial charge is 0.254 e. The van der Waals surface area contributed by atoms with Crippen LogP contribution in [-0.4, -0.2) is 38.8 Å². The zero-order chi connectivity index (χ0) is 15.6. The summed E-state index contributed by atoms with van der Waals surface area (Å²) in [5.41, 5.74) is 0.948. The molecule has 1 fully saturated rings. The standard InChI is InChI=1S/C16H19N5OS/c1-12-8-15(21-16(19-12)17-11-18-21)20(9-13-4-2-6-22-13)10-14-5-3-7-23-14/h3,5,7-8,11,13H,2,4,6,9-10H2,1H3/t13-/m0/s1. The molecule has 120 valence electrons. The molecule has 1 aliphatic heterocycles. The Kier molecular flexibility index (Phi) is 3.97. The van der Waals surface area contributed by atoms with Crippen molar-refractivity contribution in [3.8, 4) is 0 Å². The fraction of sp³-hybridized carbons (Fsp3) is 0.438. The predicted octanol–water partition coefficient (Wildman–Crippen LogP) is 2.68. The topological polar surface area (TPSA) is 55.6 Å². The van der Waals surface area contributed by atoms with Crippen molar-refractivity contribution in [2.45, 2.75) is 32.4 Å². The Balaban J connectivity index is 1.71. The van der Waals surface area contributed by atoms with Crippen LogP contribution in [0, 0.1) is 6.92 Å². The monoisotopic (exact) mass is 329 g/mol. The van der Waals surface area contributed by atoms with Gasteiger partial charge in [-0.05, 0) is 31.2 Å². The first-order valence-corrected chi connectivity index (χ1v) is 8.74. The first kappa shape index (κ1) is 14.6. The highest BCUT2D eigenvalue weighted by atomic mass is 32.1. The van der Waals surface area contributed by atoms with E-state index in [0.29, 0.717) is 5.78 Å². The lowest BCUT2D eigenvalue weighted by atomic mass is 10.2. The van der Waals surface area contributed by atoms with Crippen LogP contribution in [0.25, 0.3) is 5.78 Å². The van der Waals surface area contributed by atoms with Crippen LogP contribution in [0.1, 0.15) is 23.4 Å². The van der Waals surface area contributed by atoms with E-state index in [1.165, 1.54) is 4.88 Å². The van der Waals surface area contributed by atoms with Gasteiger partial charge >= 0.3 is 0 Å². The van der Waals surface area contributed by atoms with Crippen LogP contribution in [0.5, 0.6) is 0 Å². The Morgan fingerprint density at radius 1 is 1.48 bits per heavy atom. The van der Waals surface area contributed by atoms with E-state index in [9.17, 15) is 0 Å². The molecule has 1 saturated heterocycles. The minimum absolute atomic E-state index is 0.280. The highest BCUT2D eigenvalue weighted by Crippen LogP contribution is 2.23. The second kappa shape index (κ2) is 6.25. The van der Waals surface area contributed by atoms with Crippen molar-refractivity contribution < 1.29 is 4.74 Å². The third-order valence-electron chi connectivity index (χ3n) is 4.06. The maximum atomic E-state index is 5.85. The lowest BCUT2D eigenvalue weighted by molar-refractivity contribution is 0.115. The van der Waals surface area contributed by atoms with E-state index < -0.39 is 0 Å². The van der Waals surface area contributed by atoms with Gasteiger partial charge in [0.1, 0.15) is 12.1 Å². The van der Waals surface area contributed by atoms with Crippen molar-refractivity contribution in [3.63, 3.8) is 0 Å². The van der Waals surface area contributed by atoms with E-state index in [4.69, 9.17) is 4.74 Å². The molecule has 4 rings (SSSR count). The molecule has 0 saturated carbocycles. The summed E-state index contributed by atoms with van der Waals surface area (Å²) in [7, 11) is 0. The molecule has 23 heavy (non-hydrogen) atoms. The second-order valence-electron chi connectivity index (χ2n) is 5.82. The Bertz CT molecular complexity index is 779. The Morgan fingerprint density at radius 2 is 2.43 bits per heavy atom. The zero-order valence-electron chi connectivity index (χ0n) is 13.1. The van der Waals surface area contributed by atoms with Crippen molar-refractivity contribution in [1.82, 2.24) is 19.6 Å². The Labute approximate surface area is 138 Å². The number of anilines is 1. The fourth-order valence-electron chi connectivity index (χ4n) is 3.00. The molecule has 6 nitrogen and oxygen atoms in total. The highest BCUT2D eigenvalue weighted by Gasteiger charge is 2.22. The summed E-state index contributed by atoms with van der Waals surface area (Å²) in [4.78, 5) is 12.3. The third kappa shape index (κ3) is 3.07. The SMILES string of the molecule is Cc1cc(N(Cc2cccs2)C[C@@H]2CCCO2)n2ncnc2n1. The molecule has 4 heterocycles. The van der Waals surface area contributed by atoms with Gasteiger partial charge in [0.05, 0.1) is 12.6 Å². The average Bonchev–Trinajstić information content (AvgIpc) is 3.28. The van der Waals surface area contributed by atoms with E-state index in [-0.39, 0.29) is 6.10 Å². The number of nitrogens with zero attached hydrogens (tertiary/aromatic N) is 5. The largest absolute Gasteiger partial charge is 0.376 e. The van der Waals surface area contributed by atoms with Gasteiger partial charge in [-0.2, -0.15) is 14.6 Å². The lowest BCUT2D eigenvalue weighted by Gasteiger charge is -2.27. The van der Waals surface area contributed by atoms with Gasteiger partial charge in [0.15, 0.2) is 0 Å². The minimum atomic E-state index is 0.280. The first-order chi connectivity index (χ1) is 11.3. The second-order valence-corrected chi connectivity index (χ2v) is 6.85. The number of aryl methyl sites for hydroxylation is 1. The van der Waals surface area contributed by atoms with Crippen LogP contribution in [0.15, 0.2) is 29.9 Å².